The van der Waals surface area contributed by atoms with E-state index in [4.69, 9.17) is 5.11 Å². The third-order valence-electron chi connectivity index (χ3n) is 2.87. The first-order valence-corrected chi connectivity index (χ1v) is 7.04. The Morgan fingerprint density at radius 3 is 2.90 bits per heavy atom. The fourth-order valence-electron chi connectivity index (χ4n) is 1.94. The fourth-order valence-corrected chi connectivity index (χ4v) is 2.27. The molecule has 0 fully saturated rings. The third kappa shape index (κ3) is 3.81. The molecule has 0 saturated heterocycles. The minimum atomic E-state index is -0.989. The normalized spacial score (nSPS) is 10.3. The van der Waals surface area contributed by atoms with Gasteiger partial charge in [0.25, 0.3) is 0 Å². The first-order chi connectivity index (χ1) is 9.56. The highest BCUT2D eigenvalue weighted by atomic mass is 79.9. The molecule has 2 aromatic rings. The van der Waals surface area contributed by atoms with Crippen LogP contribution in [0.5, 0.6) is 0 Å². The average Bonchev–Trinajstić information content (AvgIpc) is 2.40. The van der Waals surface area contributed by atoms with Crippen LogP contribution in [0.4, 0.5) is 5.82 Å². The quantitative estimate of drug-likeness (QED) is 0.878. The number of aryl methyl sites for hydroxylation is 1. The molecule has 0 radical (unpaired) electrons. The van der Waals surface area contributed by atoms with Crippen LogP contribution in [0.25, 0.3) is 0 Å². The summed E-state index contributed by atoms with van der Waals surface area (Å²) in [4.78, 5) is 15.3. The molecule has 0 aliphatic heterocycles. The molecule has 4 nitrogen and oxygen atoms in total. The molecule has 0 aliphatic rings. The van der Waals surface area contributed by atoms with Gasteiger partial charge in [0.15, 0.2) is 0 Å². The highest BCUT2D eigenvalue weighted by Gasteiger charge is 2.11. The SMILES string of the molecule is Cc1cccc(CCNc2ncc(Br)cc2C(=O)O)c1. The molecule has 0 saturated carbocycles. The van der Waals surface area contributed by atoms with Crippen molar-refractivity contribution in [2.45, 2.75) is 13.3 Å². The van der Waals surface area contributed by atoms with Crippen molar-refractivity contribution in [3.8, 4) is 0 Å². The smallest absolute Gasteiger partial charge is 0.339 e. The number of rotatable bonds is 5. The number of carboxylic acid groups (broad SMARTS) is 1. The second kappa shape index (κ2) is 6.52. The van der Waals surface area contributed by atoms with Gasteiger partial charge in [0.2, 0.25) is 0 Å². The number of hydrogen-bond donors (Lipinski definition) is 2. The maximum atomic E-state index is 11.2. The zero-order valence-corrected chi connectivity index (χ0v) is 12.6. The predicted molar refractivity (Wildman–Crippen MR) is 82.3 cm³/mol. The lowest BCUT2D eigenvalue weighted by Crippen LogP contribution is -2.11. The van der Waals surface area contributed by atoms with Gasteiger partial charge in [-0.15, -0.1) is 0 Å². The van der Waals surface area contributed by atoms with E-state index in [0.29, 0.717) is 16.8 Å². The summed E-state index contributed by atoms with van der Waals surface area (Å²) in [5.74, 6) is -0.592. The van der Waals surface area contributed by atoms with Crippen molar-refractivity contribution in [2.24, 2.45) is 0 Å². The number of carboxylic acids is 1. The van der Waals surface area contributed by atoms with Gasteiger partial charge in [0, 0.05) is 17.2 Å². The maximum Gasteiger partial charge on any atom is 0.339 e. The van der Waals surface area contributed by atoms with Crippen LogP contribution in [0.3, 0.4) is 0 Å². The Morgan fingerprint density at radius 2 is 2.20 bits per heavy atom. The van der Waals surface area contributed by atoms with Gasteiger partial charge < -0.3 is 10.4 Å². The molecule has 0 spiro atoms. The van der Waals surface area contributed by atoms with Gasteiger partial charge in [0.1, 0.15) is 11.4 Å². The number of aromatic carboxylic acids is 1. The lowest BCUT2D eigenvalue weighted by atomic mass is 10.1. The van der Waals surface area contributed by atoms with E-state index < -0.39 is 5.97 Å². The van der Waals surface area contributed by atoms with Gasteiger partial charge >= 0.3 is 5.97 Å². The van der Waals surface area contributed by atoms with Crippen molar-refractivity contribution >= 4 is 27.7 Å². The van der Waals surface area contributed by atoms with Gasteiger partial charge in [-0.05, 0) is 40.9 Å². The summed E-state index contributed by atoms with van der Waals surface area (Å²) < 4.78 is 0.652. The molecular formula is C15H15BrN2O2. The molecule has 0 atom stereocenters. The molecule has 104 valence electrons. The standard InChI is InChI=1S/C15H15BrN2O2/c1-10-3-2-4-11(7-10)5-6-17-14-13(15(19)20)8-12(16)9-18-14/h2-4,7-9H,5-6H2,1H3,(H,17,18)(H,19,20). The summed E-state index contributed by atoms with van der Waals surface area (Å²) >= 11 is 3.22. The largest absolute Gasteiger partial charge is 0.478 e. The first kappa shape index (κ1) is 14.5. The highest BCUT2D eigenvalue weighted by Crippen LogP contribution is 2.18. The summed E-state index contributed by atoms with van der Waals surface area (Å²) in [5.41, 5.74) is 2.60. The zero-order valence-electron chi connectivity index (χ0n) is 11.1. The summed E-state index contributed by atoms with van der Waals surface area (Å²) in [7, 11) is 0. The molecular weight excluding hydrogens is 320 g/mol. The van der Waals surface area contributed by atoms with E-state index in [1.165, 1.54) is 11.1 Å². The number of benzene rings is 1. The van der Waals surface area contributed by atoms with Gasteiger partial charge in [-0.3, -0.25) is 0 Å². The van der Waals surface area contributed by atoms with Crippen molar-refractivity contribution in [3.05, 3.63) is 57.7 Å². The molecule has 2 rings (SSSR count). The lowest BCUT2D eigenvalue weighted by molar-refractivity contribution is 0.0697. The van der Waals surface area contributed by atoms with E-state index in [1.807, 2.05) is 6.07 Å². The van der Waals surface area contributed by atoms with Crippen LogP contribution in [0, 0.1) is 6.92 Å². The molecule has 0 aliphatic carbocycles. The lowest BCUT2D eigenvalue weighted by Gasteiger charge is -2.09. The Bertz CT molecular complexity index is 629. The van der Waals surface area contributed by atoms with Crippen LogP contribution in [0.1, 0.15) is 21.5 Å². The van der Waals surface area contributed by atoms with Crippen LogP contribution in [0.2, 0.25) is 0 Å². The van der Waals surface area contributed by atoms with Crippen molar-refractivity contribution in [1.82, 2.24) is 4.98 Å². The summed E-state index contributed by atoms with van der Waals surface area (Å²) in [6.45, 7) is 2.69. The zero-order chi connectivity index (χ0) is 14.5. The topological polar surface area (TPSA) is 62.2 Å². The van der Waals surface area contributed by atoms with Crippen LogP contribution < -0.4 is 5.32 Å². The third-order valence-corrected chi connectivity index (χ3v) is 3.31. The molecule has 2 N–H and O–H groups in total. The average molecular weight is 335 g/mol. The number of nitrogens with zero attached hydrogens (tertiary/aromatic N) is 1. The number of anilines is 1. The van der Waals surface area contributed by atoms with E-state index in [1.54, 1.807) is 12.3 Å². The highest BCUT2D eigenvalue weighted by molar-refractivity contribution is 9.10. The fraction of sp³-hybridized carbons (Fsp3) is 0.200. The number of nitrogens with one attached hydrogen (secondary N) is 1. The Labute approximate surface area is 126 Å². The number of aromatic nitrogens is 1. The number of hydrogen-bond acceptors (Lipinski definition) is 3. The second-order valence-electron chi connectivity index (χ2n) is 4.52. The van der Waals surface area contributed by atoms with Crippen molar-refractivity contribution in [2.75, 3.05) is 11.9 Å². The molecule has 1 heterocycles. The molecule has 0 bridgehead atoms. The van der Waals surface area contributed by atoms with Gasteiger partial charge in [0.05, 0.1) is 0 Å². The van der Waals surface area contributed by atoms with Crippen molar-refractivity contribution < 1.29 is 9.90 Å². The first-order valence-electron chi connectivity index (χ1n) is 6.24. The van der Waals surface area contributed by atoms with Gasteiger partial charge in [-0.1, -0.05) is 29.8 Å². The number of halogens is 1. The summed E-state index contributed by atoms with van der Waals surface area (Å²) in [6, 6.07) is 9.79. The molecule has 5 heteroatoms. The second-order valence-corrected chi connectivity index (χ2v) is 5.44. The predicted octanol–water partition coefficient (Wildman–Crippen LogP) is 3.51. The minimum Gasteiger partial charge on any atom is -0.478 e. The molecule has 1 aromatic carbocycles. The Balaban J connectivity index is 2.02. The van der Waals surface area contributed by atoms with Crippen LogP contribution >= 0.6 is 15.9 Å². The maximum absolute atomic E-state index is 11.2. The van der Waals surface area contributed by atoms with E-state index in [9.17, 15) is 4.79 Å². The molecule has 1 aromatic heterocycles. The number of pyridine rings is 1. The van der Waals surface area contributed by atoms with E-state index >= 15 is 0 Å². The summed E-state index contributed by atoms with van der Waals surface area (Å²) in [6.07, 6.45) is 2.40. The van der Waals surface area contributed by atoms with E-state index in [0.717, 1.165) is 6.42 Å². The van der Waals surface area contributed by atoms with Crippen molar-refractivity contribution in [3.63, 3.8) is 0 Å². The van der Waals surface area contributed by atoms with Crippen LogP contribution in [-0.4, -0.2) is 22.6 Å². The van der Waals surface area contributed by atoms with Gasteiger partial charge in [-0.2, -0.15) is 0 Å². The van der Waals surface area contributed by atoms with Crippen molar-refractivity contribution in [1.29, 1.82) is 0 Å². The molecule has 0 amide bonds. The molecule has 0 unspecified atom stereocenters. The van der Waals surface area contributed by atoms with Gasteiger partial charge in [-0.25, -0.2) is 9.78 Å². The van der Waals surface area contributed by atoms with E-state index in [-0.39, 0.29) is 5.56 Å². The Hall–Kier alpha value is -1.88. The Morgan fingerprint density at radius 1 is 1.40 bits per heavy atom. The molecule has 20 heavy (non-hydrogen) atoms. The van der Waals surface area contributed by atoms with Crippen LogP contribution in [-0.2, 0) is 6.42 Å². The van der Waals surface area contributed by atoms with Crippen LogP contribution in [0.15, 0.2) is 41.0 Å². The Kier molecular flexibility index (Phi) is 4.74. The monoisotopic (exact) mass is 334 g/mol. The number of carbonyl (C=O) groups is 1. The minimum absolute atomic E-state index is 0.170. The summed E-state index contributed by atoms with van der Waals surface area (Å²) in [5, 5.41) is 12.2. The van der Waals surface area contributed by atoms with E-state index in [2.05, 4.69) is 51.4 Å².